The van der Waals surface area contributed by atoms with Crippen LogP contribution < -0.4 is 24.3 Å². The van der Waals surface area contributed by atoms with E-state index in [2.05, 4.69) is 5.32 Å². The van der Waals surface area contributed by atoms with Crippen molar-refractivity contribution in [2.24, 2.45) is 0 Å². The third-order valence-electron chi connectivity index (χ3n) is 6.06. The molecule has 3 rings (SSSR count). The SMILES string of the molecule is COc1ccc([C@H]2[C@@H](C(=O)NCCN(C)C)c3cc(OC)c(OC)cc3C(=O)N2C)cc1OC. The van der Waals surface area contributed by atoms with E-state index in [1.807, 2.05) is 25.1 Å². The molecule has 2 amide bonds. The lowest BCUT2D eigenvalue weighted by atomic mass is 9.79. The molecule has 184 valence electrons. The van der Waals surface area contributed by atoms with Crippen LogP contribution in [0.1, 0.15) is 33.4 Å². The van der Waals surface area contributed by atoms with E-state index in [-0.39, 0.29) is 11.8 Å². The average molecular weight is 472 g/mol. The van der Waals surface area contributed by atoms with E-state index in [1.165, 1.54) is 14.2 Å². The van der Waals surface area contributed by atoms with Gasteiger partial charge >= 0.3 is 0 Å². The van der Waals surface area contributed by atoms with Crippen molar-refractivity contribution < 1.29 is 28.5 Å². The minimum absolute atomic E-state index is 0.186. The minimum atomic E-state index is -0.683. The predicted octanol–water partition coefficient (Wildman–Crippen LogP) is 2.31. The third kappa shape index (κ3) is 4.75. The molecule has 0 aromatic heterocycles. The molecular formula is C25H33N3O6. The Labute approximate surface area is 200 Å². The van der Waals surface area contributed by atoms with Crippen molar-refractivity contribution in [3.8, 4) is 23.0 Å². The molecule has 0 bridgehead atoms. The van der Waals surface area contributed by atoms with Gasteiger partial charge < -0.3 is 34.1 Å². The van der Waals surface area contributed by atoms with Gasteiger partial charge in [-0.15, -0.1) is 0 Å². The fraction of sp³-hybridized carbons (Fsp3) is 0.440. The maximum absolute atomic E-state index is 13.6. The fourth-order valence-electron chi connectivity index (χ4n) is 4.30. The zero-order valence-electron chi connectivity index (χ0n) is 20.8. The Morgan fingerprint density at radius 3 is 2.12 bits per heavy atom. The van der Waals surface area contributed by atoms with Gasteiger partial charge in [0.25, 0.3) is 5.91 Å². The molecule has 1 aliphatic heterocycles. The number of hydrogen-bond donors (Lipinski definition) is 1. The molecule has 0 fully saturated rings. The average Bonchev–Trinajstić information content (AvgIpc) is 2.84. The summed E-state index contributed by atoms with van der Waals surface area (Å²) in [6, 6.07) is 8.22. The zero-order valence-corrected chi connectivity index (χ0v) is 20.8. The van der Waals surface area contributed by atoms with Gasteiger partial charge in [-0.3, -0.25) is 9.59 Å². The molecule has 0 unspecified atom stereocenters. The van der Waals surface area contributed by atoms with Gasteiger partial charge in [-0.05, 0) is 49.5 Å². The Kier molecular flexibility index (Phi) is 7.88. The first-order chi connectivity index (χ1) is 16.3. The summed E-state index contributed by atoms with van der Waals surface area (Å²) >= 11 is 0. The second-order valence-electron chi connectivity index (χ2n) is 8.34. The largest absolute Gasteiger partial charge is 0.493 e. The van der Waals surface area contributed by atoms with Crippen molar-refractivity contribution in [1.29, 1.82) is 0 Å². The second-order valence-corrected chi connectivity index (χ2v) is 8.34. The van der Waals surface area contributed by atoms with Crippen LogP contribution in [0.2, 0.25) is 0 Å². The first kappa shape index (κ1) is 25.2. The Morgan fingerprint density at radius 1 is 0.941 bits per heavy atom. The third-order valence-corrected chi connectivity index (χ3v) is 6.06. The lowest BCUT2D eigenvalue weighted by molar-refractivity contribution is -0.124. The van der Waals surface area contributed by atoms with Gasteiger partial charge in [0.2, 0.25) is 5.91 Å². The van der Waals surface area contributed by atoms with Crippen molar-refractivity contribution in [2.45, 2.75) is 12.0 Å². The Balaban J connectivity index is 2.17. The summed E-state index contributed by atoms with van der Waals surface area (Å²) < 4.78 is 21.7. The molecule has 0 aliphatic carbocycles. The van der Waals surface area contributed by atoms with E-state index in [1.54, 1.807) is 50.4 Å². The molecule has 0 saturated carbocycles. The maximum atomic E-state index is 13.6. The van der Waals surface area contributed by atoms with Crippen LogP contribution in [-0.4, -0.2) is 84.3 Å². The highest BCUT2D eigenvalue weighted by Gasteiger charge is 2.43. The number of likely N-dealkylation sites (N-methyl/N-ethyl adjacent to an activating group) is 2. The number of carbonyl (C=O) groups is 2. The van der Waals surface area contributed by atoms with Crippen LogP contribution in [0.4, 0.5) is 0 Å². The Morgan fingerprint density at radius 2 is 1.53 bits per heavy atom. The van der Waals surface area contributed by atoms with Gasteiger partial charge in [0.15, 0.2) is 23.0 Å². The predicted molar refractivity (Wildman–Crippen MR) is 128 cm³/mol. The fourth-order valence-corrected chi connectivity index (χ4v) is 4.30. The van der Waals surface area contributed by atoms with E-state index in [0.29, 0.717) is 47.2 Å². The number of nitrogens with zero attached hydrogens (tertiary/aromatic N) is 2. The van der Waals surface area contributed by atoms with Crippen LogP contribution in [0.25, 0.3) is 0 Å². The van der Waals surface area contributed by atoms with Crippen LogP contribution >= 0.6 is 0 Å². The highest BCUT2D eigenvalue weighted by molar-refractivity contribution is 6.02. The Bertz CT molecular complexity index is 1060. The monoisotopic (exact) mass is 471 g/mol. The summed E-state index contributed by atoms with van der Waals surface area (Å²) in [7, 11) is 11.7. The van der Waals surface area contributed by atoms with Crippen LogP contribution in [0, 0.1) is 0 Å². The van der Waals surface area contributed by atoms with Crippen LogP contribution in [-0.2, 0) is 4.79 Å². The first-order valence-corrected chi connectivity index (χ1v) is 10.9. The number of ether oxygens (including phenoxy) is 4. The molecule has 34 heavy (non-hydrogen) atoms. The number of nitrogens with one attached hydrogen (secondary N) is 1. The van der Waals surface area contributed by atoms with Crippen LogP contribution in [0.5, 0.6) is 23.0 Å². The molecule has 1 aliphatic rings. The summed E-state index contributed by atoms with van der Waals surface area (Å²) in [5.41, 5.74) is 1.74. The van der Waals surface area contributed by atoms with Crippen LogP contribution in [0.3, 0.4) is 0 Å². The molecule has 0 spiro atoms. The van der Waals surface area contributed by atoms with E-state index in [4.69, 9.17) is 18.9 Å². The van der Waals surface area contributed by atoms with Crippen molar-refractivity contribution in [3.05, 3.63) is 47.0 Å². The number of hydrogen-bond acceptors (Lipinski definition) is 7. The summed E-state index contributed by atoms with van der Waals surface area (Å²) in [5, 5.41) is 3.03. The second kappa shape index (κ2) is 10.6. The summed E-state index contributed by atoms with van der Waals surface area (Å²) in [5.74, 6) is 0.885. The van der Waals surface area contributed by atoms with Crippen LogP contribution in [0.15, 0.2) is 30.3 Å². The van der Waals surface area contributed by atoms with Gasteiger partial charge in [-0.2, -0.15) is 0 Å². The summed E-state index contributed by atoms with van der Waals surface area (Å²) in [4.78, 5) is 30.6. The van der Waals surface area contributed by atoms with Crippen molar-refractivity contribution >= 4 is 11.8 Å². The lowest BCUT2D eigenvalue weighted by Gasteiger charge is -2.40. The van der Waals surface area contributed by atoms with Gasteiger partial charge in [0.05, 0.1) is 40.4 Å². The molecule has 0 saturated heterocycles. The molecule has 2 atom stereocenters. The smallest absolute Gasteiger partial charge is 0.254 e. The highest BCUT2D eigenvalue weighted by atomic mass is 16.5. The molecule has 0 radical (unpaired) electrons. The van der Waals surface area contributed by atoms with Gasteiger partial charge in [-0.1, -0.05) is 6.07 Å². The van der Waals surface area contributed by atoms with E-state index in [9.17, 15) is 9.59 Å². The number of rotatable bonds is 9. The zero-order chi connectivity index (χ0) is 25.0. The topological polar surface area (TPSA) is 89.6 Å². The van der Waals surface area contributed by atoms with Gasteiger partial charge in [0.1, 0.15) is 0 Å². The number of benzene rings is 2. The lowest BCUT2D eigenvalue weighted by Crippen LogP contribution is -2.46. The number of methoxy groups -OCH3 is 4. The van der Waals surface area contributed by atoms with Crippen molar-refractivity contribution in [2.75, 3.05) is 62.7 Å². The van der Waals surface area contributed by atoms with Crippen molar-refractivity contribution in [3.63, 3.8) is 0 Å². The highest BCUT2D eigenvalue weighted by Crippen LogP contribution is 2.46. The number of carbonyl (C=O) groups excluding carboxylic acids is 2. The van der Waals surface area contributed by atoms with E-state index in [0.717, 1.165) is 5.56 Å². The molecule has 1 heterocycles. The molecule has 9 nitrogen and oxygen atoms in total. The summed E-state index contributed by atoms with van der Waals surface area (Å²) in [6.07, 6.45) is 0. The Hall–Kier alpha value is -3.46. The first-order valence-electron chi connectivity index (χ1n) is 10.9. The van der Waals surface area contributed by atoms with Gasteiger partial charge in [0, 0.05) is 25.7 Å². The quantitative estimate of drug-likeness (QED) is 0.600. The van der Waals surface area contributed by atoms with E-state index >= 15 is 0 Å². The number of amides is 2. The minimum Gasteiger partial charge on any atom is -0.493 e. The van der Waals surface area contributed by atoms with Crippen molar-refractivity contribution in [1.82, 2.24) is 15.1 Å². The van der Waals surface area contributed by atoms with E-state index < -0.39 is 12.0 Å². The molecular weight excluding hydrogens is 438 g/mol. The standard InChI is InChI=1S/C25H33N3O6/c1-27(2)11-10-26-24(29)22-16-13-20(33-6)21(34-7)14-17(16)25(30)28(3)23(22)15-8-9-18(31-4)19(12-15)32-5/h8-9,12-14,22-23H,10-11H2,1-7H3,(H,26,29)/t22-,23-/m0/s1. The molecule has 2 aromatic carbocycles. The molecule has 1 N–H and O–H groups in total. The van der Waals surface area contributed by atoms with Gasteiger partial charge in [-0.25, -0.2) is 0 Å². The molecule has 2 aromatic rings. The maximum Gasteiger partial charge on any atom is 0.254 e. The molecule has 9 heteroatoms. The number of fused-ring (bicyclic) bond motifs is 1. The normalized spacial score (nSPS) is 17.3. The summed E-state index contributed by atoms with van der Waals surface area (Å²) in [6.45, 7) is 1.16.